The summed E-state index contributed by atoms with van der Waals surface area (Å²) in [6.07, 6.45) is 12.3. The molecule has 0 spiro atoms. The molecule has 0 saturated heterocycles. The number of hydrogen-bond donors (Lipinski definition) is 2. The van der Waals surface area contributed by atoms with E-state index in [1.807, 2.05) is 43.3 Å². The van der Waals surface area contributed by atoms with Crippen LogP contribution in [0, 0.1) is 6.92 Å². The third kappa shape index (κ3) is 7.53. The minimum Gasteiger partial charge on any atom is -0.497 e. The number of aromatic nitrogens is 2. The van der Waals surface area contributed by atoms with Crippen LogP contribution in [0.5, 0.6) is 5.75 Å². The second kappa shape index (κ2) is 16.0. The summed E-state index contributed by atoms with van der Waals surface area (Å²) in [7, 11) is 1.64. The lowest BCUT2D eigenvalue weighted by Crippen LogP contribution is -2.24. The number of halogens is 1. The zero-order chi connectivity index (χ0) is 34.3. The largest absolute Gasteiger partial charge is 0.497 e. The average molecular weight is 679 g/mol. The Morgan fingerprint density at radius 3 is 2.39 bits per heavy atom. The normalized spacial score (nSPS) is 13.4. The maximum Gasteiger partial charge on any atom is 0.262 e. The molecule has 1 aliphatic rings. The van der Waals surface area contributed by atoms with E-state index in [9.17, 15) is 9.59 Å². The van der Waals surface area contributed by atoms with Crippen LogP contribution >= 0.6 is 11.6 Å². The number of rotatable bonds is 14. The van der Waals surface area contributed by atoms with E-state index in [0.717, 1.165) is 121 Å². The summed E-state index contributed by atoms with van der Waals surface area (Å²) in [6, 6.07) is 20.8. The summed E-state index contributed by atoms with van der Waals surface area (Å²) in [5.41, 5.74) is 12.6. The van der Waals surface area contributed by atoms with Crippen molar-refractivity contribution >= 4 is 50.9 Å². The number of unbranched alkanes of at least 4 members (excludes halogenated alkanes) is 6. The lowest BCUT2D eigenvalue weighted by atomic mass is 9.88. The quantitative estimate of drug-likeness (QED) is 0.114. The Balaban J connectivity index is 1.41. The number of hydrogen-bond acceptors (Lipinski definition) is 5. The lowest BCUT2D eigenvalue weighted by molar-refractivity contribution is -0.117. The number of methoxy groups -OCH3 is 1. The highest BCUT2D eigenvalue weighted by Gasteiger charge is 2.31. The molecule has 49 heavy (non-hydrogen) atoms. The summed E-state index contributed by atoms with van der Waals surface area (Å²) in [5.74, 6) is -0.0367. The van der Waals surface area contributed by atoms with Crippen molar-refractivity contribution in [1.29, 1.82) is 0 Å². The van der Waals surface area contributed by atoms with Crippen LogP contribution in [0.25, 0.3) is 21.8 Å². The summed E-state index contributed by atoms with van der Waals surface area (Å²) in [4.78, 5) is 34.0. The van der Waals surface area contributed by atoms with Gasteiger partial charge in [-0.1, -0.05) is 68.3 Å². The molecule has 1 unspecified atom stereocenters. The SMILES string of the molecule is COc1ccc2c(c1)c(C(CCCCCCCCCN)C(=O)Nc1c3c(nc4ccccc14)CCCC3)c(C)n2C(=O)c1ccc(Cl)cc1. The molecule has 7 nitrogen and oxygen atoms in total. The van der Waals surface area contributed by atoms with Crippen LogP contribution in [0.2, 0.25) is 5.02 Å². The number of nitrogens with two attached hydrogens (primary N) is 1. The standard InChI is InChI=1S/C41H47ClN4O3/c1-27-38(34-26-30(49-2)23-24-37(34)46(27)41(48)28-19-21-29(42)22-20-28)33(16-8-6-4-3-5-7-13-25-43)40(47)45-39-31-14-9-11-17-35(31)44-36-18-12-10-15-32(36)39/h9,11,14,17,19-24,26,33H,3-8,10,12-13,15-16,18,25,43H2,1-2H3,(H,44,45,47). The zero-order valence-electron chi connectivity index (χ0n) is 28.7. The van der Waals surface area contributed by atoms with E-state index in [0.29, 0.717) is 22.8 Å². The van der Waals surface area contributed by atoms with E-state index < -0.39 is 5.92 Å². The summed E-state index contributed by atoms with van der Waals surface area (Å²) >= 11 is 6.17. The molecule has 3 aromatic carbocycles. The predicted molar refractivity (Wildman–Crippen MR) is 200 cm³/mol. The van der Waals surface area contributed by atoms with Gasteiger partial charge in [0.15, 0.2) is 0 Å². The Kier molecular flexibility index (Phi) is 11.3. The number of nitrogens with one attached hydrogen (secondary N) is 1. The number of aryl methyl sites for hydroxylation is 1. The van der Waals surface area contributed by atoms with Crippen LogP contribution in [-0.4, -0.2) is 35.0 Å². The molecule has 0 saturated carbocycles. The molecule has 2 aromatic heterocycles. The monoisotopic (exact) mass is 678 g/mol. The molecule has 2 heterocycles. The number of anilines is 1. The smallest absolute Gasteiger partial charge is 0.262 e. The number of nitrogens with zero attached hydrogens (tertiary/aromatic N) is 2. The third-order valence-corrected chi connectivity index (χ3v) is 10.3. The molecule has 256 valence electrons. The van der Waals surface area contributed by atoms with Crippen molar-refractivity contribution in [2.45, 2.75) is 89.9 Å². The molecule has 0 fully saturated rings. The predicted octanol–water partition coefficient (Wildman–Crippen LogP) is 9.53. The van der Waals surface area contributed by atoms with Crippen LogP contribution in [-0.2, 0) is 17.6 Å². The Labute approximate surface area is 294 Å². The van der Waals surface area contributed by atoms with Gasteiger partial charge in [0.05, 0.1) is 29.7 Å². The van der Waals surface area contributed by atoms with E-state index in [-0.39, 0.29) is 11.8 Å². The lowest BCUT2D eigenvalue weighted by Gasteiger charge is -2.24. The van der Waals surface area contributed by atoms with Crippen molar-refractivity contribution < 1.29 is 14.3 Å². The molecule has 1 atom stereocenters. The van der Waals surface area contributed by atoms with Crippen LogP contribution in [0.1, 0.15) is 103 Å². The fourth-order valence-electron chi connectivity index (χ4n) is 7.48. The van der Waals surface area contributed by atoms with Gasteiger partial charge in [0, 0.05) is 32.7 Å². The number of ether oxygens (including phenoxy) is 1. The maximum atomic E-state index is 14.8. The summed E-state index contributed by atoms with van der Waals surface area (Å²) in [5, 5.41) is 5.83. The van der Waals surface area contributed by atoms with Crippen LogP contribution < -0.4 is 15.8 Å². The number of carbonyl (C=O) groups excluding carboxylic acids is 2. The number of pyridine rings is 1. The van der Waals surface area contributed by atoms with Gasteiger partial charge in [-0.3, -0.25) is 19.1 Å². The molecular formula is C41H47ClN4O3. The van der Waals surface area contributed by atoms with Crippen molar-refractivity contribution in [2.24, 2.45) is 5.73 Å². The van der Waals surface area contributed by atoms with E-state index in [1.54, 1.807) is 35.9 Å². The highest BCUT2D eigenvalue weighted by molar-refractivity contribution is 6.30. The van der Waals surface area contributed by atoms with E-state index in [2.05, 4.69) is 11.4 Å². The van der Waals surface area contributed by atoms with Gasteiger partial charge >= 0.3 is 0 Å². The summed E-state index contributed by atoms with van der Waals surface area (Å²) < 4.78 is 7.41. The maximum absolute atomic E-state index is 14.8. The molecule has 3 N–H and O–H groups in total. The minimum absolute atomic E-state index is 0.0593. The Hall–Kier alpha value is -4.20. The van der Waals surface area contributed by atoms with Crippen LogP contribution in [0.15, 0.2) is 66.7 Å². The molecule has 0 aliphatic heterocycles. The van der Waals surface area contributed by atoms with Gasteiger partial charge in [-0.05, 0) is 112 Å². The number of carbonyl (C=O) groups is 2. The fraction of sp³-hybridized carbons (Fsp3) is 0.390. The van der Waals surface area contributed by atoms with Crippen LogP contribution in [0.3, 0.4) is 0 Å². The first-order chi connectivity index (χ1) is 23.9. The minimum atomic E-state index is -0.489. The Bertz CT molecular complexity index is 1950. The van der Waals surface area contributed by atoms with Gasteiger partial charge in [0.2, 0.25) is 5.91 Å². The molecule has 0 radical (unpaired) electrons. The van der Waals surface area contributed by atoms with Gasteiger partial charge in [0.25, 0.3) is 5.91 Å². The van der Waals surface area contributed by atoms with Crippen molar-refractivity contribution in [3.63, 3.8) is 0 Å². The van der Waals surface area contributed by atoms with E-state index in [4.69, 9.17) is 27.1 Å². The van der Waals surface area contributed by atoms with E-state index in [1.165, 1.54) is 6.42 Å². The molecule has 6 rings (SSSR count). The molecular weight excluding hydrogens is 632 g/mol. The van der Waals surface area contributed by atoms with Gasteiger partial charge in [-0.2, -0.15) is 0 Å². The van der Waals surface area contributed by atoms with Crippen molar-refractivity contribution in [2.75, 3.05) is 19.0 Å². The second-order valence-electron chi connectivity index (χ2n) is 13.3. The number of amides is 1. The highest BCUT2D eigenvalue weighted by Crippen LogP contribution is 2.40. The van der Waals surface area contributed by atoms with Gasteiger partial charge in [0.1, 0.15) is 5.75 Å². The fourth-order valence-corrected chi connectivity index (χ4v) is 7.61. The molecule has 1 amide bonds. The van der Waals surface area contributed by atoms with E-state index >= 15 is 0 Å². The van der Waals surface area contributed by atoms with Gasteiger partial charge in [-0.15, -0.1) is 0 Å². The van der Waals surface area contributed by atoms with Crippen LogP contribution in [0.4, 0.5) is 5.69 Å². The third-order valence-electron chi connectivity index (χ3n) is 10.0. The van der Waals surface area contributed by atoms with Crippen molar-refractivity contribution in [3.8, 4) is 5.75 Å². The molecule has 5 aromatic rings. The average Bonchev–Trinajstić information content (AvgIpc) is 3.41. The first-order valence-corrected chi connectivity index (χ1v) is 18.2. The zero-order valence-corrected chi connectivity index (χ0v) is 29.5. The number of fused-ring (bicyclic) bond motifs is 3. The Morgan fingerprint density at radius 2 is 1.63 bits per heavy atom. The molecule has 8 heteroatoms. The molecule has 1 aliphatic carbocycles. The van der Waals surface area contributed by atoms with Crippen molar-refractivity contribution in [3.05, 3.63) is 99.8 Å². The Morgan fingerprint density at radius 1 is 0.918 bits per heavy atom. The second-order valence-corrected chi connectivity index (χ2v) is 13.7. The first-order valence-electron chi connectivity index (χ1n) is 17.8. The van der Waals surface area contributed by atoms with Crippen molar-refractivity contribution in [1.82, 2.24) is 9.55 Å². The first kappa shape index (κ1) is 34.7. The topological polar surface area (TPSA) is 99.2 Å². The summed E-state index contributed by atoms with van der Waals surface area (Å²) in [6.45, 7) is 2.70. The number of para-hydroxylation sites is 1. The van der Waals surface area contributed by atoms with Gasteiger partial charge in [-0.25, -0.2) is 0 Å². The van der Waals surface area contributed by atoms with Gasteiger partial charge < -0.3 is 15.8 Å². The molecule has 0 bridgehead atoms. The number of benzene rings is 3. The highest BCUT2D eigenvalue weighted by atomic mass is 35.5.